The van der Waals surface area contributed by atoms with Gasteiger partial charge in [-0.25, -0.2) is 4.58 Å². The van der Waals surface area contributed by atoms with Crippen LogP contribution in [0.3, 0.4) is 0 Å². The molecule has 2 nitrogen and oxygen atoms in total. The standard InChI is InChI=1S/C22H26NO.BrH/c1-18-12-15-23(16-13-18)21-22(14-17-24-21,19-8-4-2-5-9-19)20-10-6-3-7-11-20;/h2-11,18H,12-17H2,1H3;1H/q+1;/p-1. The van der Waals surface area contributed by atoms with E-state index in [0.717, 1.165) is 32.0 Å². The Bertz CT molecular complexity index is 677. The molecule has 0 N–H and O–H groups in total. The molecule has 0 atom stereocenters. The van der Waals surface area contributed by atoms with E-state index in [0.29, 0.717) is 0 Å². The number of hydrogen-bond donors (Lipinski definition) is 0. The molecular formula is C22H26BrNO. The molecule has 0 radical (unpaired) electrons. The van der Waals surface area contributed by atoms with Gasteiger partial charge in [0.05, 0.1) is 6.61 Å². The van der Waals surface area contributed by atoms with Gasteiger partial charge in [0.1, 0.15) is 18.5 Å². The Labute approximate surface area is 161 Å². The quantitative estimate of drug-likeness (QED) is 0.691. The molecule has 0 spiro atoms. The average Bonchev–Trinajstić information content (AvgIpc) is 3.10. The van der Waals surface area contributed by atoms with Gasteiger partial charge in [0, 0.05) is 19.3 Å². The highest BCUT2D eigenvalue weighted by molar-refractivity contribution is 5.90. The molecular weight excluding hydrogens is 374 g/mol. The molecule has 0 aromatic heterocycles. The lowest BCUT2D eigenvalue weighted by Gasteiger charge is -2.28. The molecule has 0 amide bonds. The van der Waals surface area contributed by atoms with E-state index in [1.807, 2.05) is 0 Å². The van der Waals surface area contributed by atoms with Crippen molar-refractivity contribution in [3.63, 3.8) is 0 Å². The summed E-state index contributed by atoms with van der Waals surface area (Å²) in [6.45, 7) is 5.38. The van der Waals surface area contributed by atoms with Crippen molar-refractivity contribution >= 4 is 5.90 Å². The molecule has 4 rings (SSSR count). The van der Waals surface area contributed by atoms with E-state index >= 15 is 0 Å². The predicted octanol–water partition coefficient (Wildman–Crippen LogP) is 1.24. The number of nitrogens with zero attached hydrogens (tertiary/aromatic N) is 1. The van der Waals surface area contributed by atoms with Gasteiger partial charge in [-0.15, -0.1) is 0 Å². The van der Waals surface area contributed by atoms with Crippen LogP contribution in [0.2, 0.25) is 0 Å². The second-order valence-electron chi connectivity index (χ2n) is 7.21. The topological polar surface area (TPSA) is 12.2 Å². The maximum absolute atomic E-state index is 6.30. The summed E-state index contributed by atoms with van der Waals surface area (Å²) in [6, 6.07) is 21.8. The first-order valence-corrected chi connectivity index (χ1v) is 9.17. The van der Waals surface area contributed by atoms with Crippen LogP contribution >= 0.6 is 0 Å². The molecule has 3 heteroatoms. The van der Waals surface area contributed by atoms with Crippen LogP contribution < -0.4 is 17.0 Å². The maximum Gasteiger partial charge on any atom is 0.351 e. The molecule has 0 aliphatic carbocycles. The van der Waals surface area contributed by atoms with Crippen LogP contribution in [-0.4, -0.2) is 30.2 Å². The molecule has 2 aromatic rings. The summed E-state index contributed by atoms with van der Waals surface area (Å²) in [4.78, 5) is 0. The first-order chi connectivity index (χ1) is 11.8. The van der Waals surface area contributed by atoms with Gasteiger partial charge < -0.3 is 21.7 Å². The van der Waals surface area contributed by atoms with E-state index in [1.54, 1.807) is 0 Å². The van der Waals surface area contributed by atoms with E-state index in [9.17, 15) is 0 Å². The summed E-state index contributed by atoms with van der Waals surface area (Å²) >= 11 is 0. The number of benzene rings is 2. The van der Waals surface area contributed by atoms with Gasteiger partial charge in [0.25, 0.3) is 0 Å². The van der Waals surface area contributed by atoms with Crippen molar-refractivity contribution in [3.05, 3.63) is 71.8 Å². The third-order valence-corrected chi connectivity index (χ3v) is 5.68. The summed E-state index contributed by atoms with van der Waals surface area (Å²) < 4.78 is 8.80. The van der Waals surface area contributed by atoms with Gasteiger partial charge in [-0.2, -0.15) is 0 Å². The summed E-state index contributed by atoms with van der Waals surface area (Å²) in [5, 5.41) is 0. The largest absolute Gasteiger partial charge is 1.00 e. The fourth-order valence-corrected chi connectivity index (χ4v) is 4.25. The van der Waals surface area contributed by atoms with E-state index in [2.05, 4.69) is 72.2 Å². The molecule has 25 heavy (non-hydrogen) atoms. The molecule has 0 unspecified atom stereocenters. The van der Waals surface area contributed by atoms with Crippen LogP contribution in [-0.2, 0) is 10.2 Å². The maximum atomic E-state index is 6.30. The molecule has 2 aliphatic rings. The molecule has 2 saturated heterocycles. The zero-order valence-corrected chi connectivity index (χ0v) is 16.4. The summed E-state index contributed by atoms with van der Waals surface area (Å²) in [7, 11) is 0. The monoisotopic (exact) mass is 399 g/mol. The lowest BCUT2D eigenvalue weighted by atomic mass is 9.73. The minimum Gasteiger partial charge on any atom is -1.00 e. The fourth-order valence-electron chi connectivity index (χ4n) is 4.25. The van der Waals surface area contributed by atoms with Crippen LogP contribution in [0.1, 0.15) is 37.3 Å². The molecule has 2 fully saturated rings. The highest BCUT2D eigenvalue weighted by atomic mass is 79.9. The van der Waals surface area contributed by atoms with Gasteiger partial charge in [-0.3, -0.25) is 0 Å². The van der Waals surface area contributed by atoms with Crippen LogP contribution in [0.4, 0.5) is 0 Å². The molecule has 0 saturated carbocycles. The Morgan fingerprint density at radius 2 is 1.40 bits per heavy atom. The Hall–Kier alpha value is -1.61. The van der Waals surface area contributed by atoms with Crippen molar-refractivity contribution in [2.24, 2.45) is 5.92 Å². The number of rotatable bonds is 2. The normalized spacial score (nSPS) is 22.2. The molecule has 132 valence electrons. The second-order valence-corrected chi connectivity index (χ2v) is 7.21. The van der Waals surface area contributed by atoms with Gasteiger partial charge in [-0.1, -0.05) is 67.6 Å². The predicted molar refractivity (Wildman–Crippen MR) is 97.6 cm³/mol. The van der Waals surface area contributed by atoms with Crippen LogP contribution in [0.15, 0.2) is 60.7 Å². The SMILES string of the molecule is CC1CC[N+](=C2OCCC2(c2ccccc2)c2ccccc2)CC1.[Br-]. The zero-order valence-electron chi connectivity index (χ0n) is 14.8. The number of hydrogen-bond acceptors (Lipinski definition) is 1. The molecule has 2 heterocycles. The Kier molecular flexibility index (Phi) is 5.63. The molecule has 2 aliphatic heterocycles. The molecule has 0 bridgehead atoms. The van der Waals surface area contributed by atoms with Gasteiger partial charge in [0.2, 0.25) is 0 Å². The smallest absolute Gasteiger partial charge is 0.351 e. The lowest BCUT2D eigenvalue weighted by Crippen LogP contribution is -3.00. The minimum absolute atomic E-state index is 0. The lowest BCUT2D eigenvalue weighted by molar-refractivity contribution is -0.550. The Morgan fingerprint density at radius 3 is 1.92 bits per heavy atom. The van der Waals surface area contributed by atoms with Crippen molar-refractivity contribution < 1.29 is 26.3 Å². The Morgan fingerprint density at radius 1 is 0.880 bits per heavy atom. The van der Waals surface area contributed by atoms with Gasteiger partial charge in [0.15, 0.2) is 0 Å². The van der Waals surface area contributed by atoms with Crippen LogP contribution in [0.25, 0.3) is 0 Å². The summed E-state index contributed by atoms with van der Waals surface area (Å²) in [6.07, 6.45) is 3.53. The number of halogens is 1. The third-order valence-electron chi connectivity index (χ3n) is 5.68. The third kappa shape index (κ3) is 3.27. The van der Waals surface area contributed by atoms with Crippen molar-refractivity contribution in [2.75, 3.05) is 19.7 Å². The molecule has 2 aromatic carbocycles. The average molecular weight is 400 g/mol. The van der Waals surface area contributed by atoms with E-state index in [1.165, 1.54) is 29.9 Å². The van der Waals surface area contributed by atoms with E-state index < -0.39 is 0 Å². The van der Waals surface area contributed by atoms with E-state index in [4.69, 9.17) is 4.74 Å². The number of ether oxygens (including phenoxy) is 1. The first kappa shape index (κ1) is 18.2. The first-order valence-electron chi connectivity index (χ1n) is 9.17. The van der Waals surface area contributed by atoms with Crippen molar-refractivity contribution in [3.8, 4) is 0 Å². The van der Waals surface area contributed by atoms with Crippen LogP contribution in [0, 0.1) is 5.92 Å². The van der Waals surface area contributed by atoms with Crippen molar-refractivity contribution in [1.29, 1.82) is 0 Å². The minimum atomic E-state index is -0.136. The van der Waals surface area contributed by atoms with Crippen molar-refractivity contribution in [2.45, 2.75) is 31.6 Å². The van der Waals surface area contributed by atoms with Gasteiger partial charge >= 0.3 is 5.90 Å². The zero-order chi connectivity index (χ0) is 16.4. The Balaban J connectivity index is 0.00000182. The van der Waals surface area contributed by atoms with Crippen LogP contribution in [0.5, 0.6) is 0 Å². The fraction of sp³-hybridized carbons (Fsp3) is 0.409. The van der Waals surface area contributed by atoms with E-state index in [-0.39, 0.29) is 22.4 Å². The summed E-state index contributed by atoms with van der Waals surface area (Å²) in [5.74, 6) is 2.00. The number of piperidine rings is 1. The highest BCUT2D eigenvalue weighted by Gasteiger charge is 2.51. The highest BCUT2D eigenvalue weighted by Crippen LogP contribution is 2.41. The van der Waals surface area contributed by atoms with Crippen molar-refractivity contribution in [1.82, 2.24) is 0 Å². The second kappa shape index (κ2) is 7.74. The van der Waals surface area contributed by atoms with Gasteiger partial charge in [-0.05, 0) is 17.0 Å². The summed E-state index contributed by atoms with van der Waals surface area (Å²) in [5.41, 5.74) is 2.56.